The van der Waals surface area contributed by atoms with E-state index in [-0.39, 0.29) is 11.8 Å². The third-order valence-electron chi connectivity index (χ3n) is 4.37. The van der Waals surface area contributed by atoms with E-state index >= 15 is 0 Å². The summed E-state index contributed by atoms with van der Waals surface area (Å²) < 4.78 is 40.5. The SMILES string of the molecule is Cc1c(NC(=O)N2CCC3(CC2)OCCO3)cccc1OC(F)F. The van der Waals surface area contributed by atoms with E-state index in [1.807, 2.05) is 0 Å². The zero-order valence-electron chi connectivity index (χ0n) is 13.4. The highest BCUT2D eigenvalue weighted by atomic mass is 19.3. The number of carbonyl (C=O) groups is 1. The number of ether oxygens (including phenoxy) is 3. The molecule has 1 spiro atoms. The molecule has 2 aliphatic rings. The number of alkyl halides is 2. The molecule has 1 aromatic rings. The highest BCUT2D eigenvalue weighted by Crippen LogP contribution is 2.32. The van der Waals surface area contributed by atoms with Gasteiger partial charge in [-0.2, -0.15) is 8.78 Å². The minimum atomic E-state index is -2.90. The van der Waals surface area contributed by atoms with Crippen molar-refractivity contribution < 1.29 is 27.8 Å². The summed E-state index contributed by atoms with van der Waals surface area (Å²) in [5.41, 5.74) is 0.911. The first-order valence-corrected chi connectivity index (χ1v) is 7.87. The third kappa shape index (κ3) is 3.59. The molecule has 0 radical (unpaired) electrons. The molecule has 1 N–H and O–H groups in total. The van der Waals surface area contributed by atoms with Gasteiger partial charge in [0.1, 0.15) is 5.75 Å². The van der Waals surface area contributed by atoms with E-state index in [9.17, 15) is 13.6 Å². The maximum Gasteiger partial charge on any atom is 0.387 e. The van der Waals surface area contributed by atoms with Crippen molar-refractivity contribution in [1.29, 1.82) is 0 Å². The number of nitrogens with one attached hydrogen (secondary N) is 1. The topological polar surface area (TPSA) is 60.0 Å². The first-order chi connectivity index (χ1) is 11.5. The van der Waals surface area contributed by atoms with Gasteiger partial charge in [0.25, 0.3) is 0 Å². The van der Waals surface area contributed by atoms with E-state index in [0.717, 1.165) is 0 Å². The number of carbonyl (C=O) groups excluding carboxylic acids is 1. The molecule has 3 rings (SSSR count). The van der Waals surface area contributed by atoms with Crippen LogP contribution in [0.25, 0.3) is 0 Å². The van der Waals surface area contributed by atoms with Crippen molar-refractivity contribution in [2.45, 2.75) is 32.2 Å². The average Bonchev–Trinajstić information content (AvgIpc) is 2.99. The van der Waals surface area contributed by atoms with E-state index in [4.69, 9.17) is 9.47 Å². The Morgan fingerprint density at radius 1 is 1.29 bits per heavy atom. The van der Waals surface area contributed by atoms with E-state index in [1.165, 1.54) is 6.07 Å². The Kier molecular flexibility index (Phi) is 4.86. The zero-order valence-corrected chi connectivity index (χ0v) is 13.4. The van der Waals surface area contributed by atoms with E-state index in [2.05, 4.69) is 10.1 Å². The number of anilines is 1. The number of halogens is 2. The maximum absolute atomic E-state index is 12.4. The minimum Gasteiger partial charge on any atom is -0.434 e. The van der Waals surface area contributed by atoms with Crippen LogP contribution in [0.5, 0.6) is 5.75 Å². The molecule has 0 bridgehead atoms. The molecule has 0 unspecified atom stereocenters. The van der Waals surface area contributed by atoms with Crippen LogP contribution in [0.4, 0.5) is 19.3 Å². The number of amides is 2. The standard InChI is InChI=1S/C16H20F2N2O4/c1-11-12(3-2-4-13(11)24-14(17)18)19-15(21)20-7-5-16(6-8-20)22-9-10-23-16/h2-4,14H,5-10H2,1H3,(H,19,21). The lowest BCUT2D eigenvalue weighted by Crippen LogP contribution is -2.48. The molecule has 0 atom stereocenters. The largest absolute Gasteiger partial charge is 0.434 e. The summed E-state index contributed by atoms with van der Waals surface area (Å²) in [7, 11) is 0. The second-order valence-corrected chi connectivity index (χ2v) is 5.83. The van der Waals surface area contributed by atoms with Crippen LogP contribution in [0, 0.1) is 6.92 Å². The maximum atomic E-state index is 12.4. The third-order valence-corrected chi connectivity index (χ3v) is 4.37. The van der Waals surface area contributed by atoms with Gasteiger partial charge in [0.2, 0.25) is 0 Å². The Morgan fingerprint density at radius 2 is 1.96 bits per heavy atom. The molecule has 2 heterocycles. The van der Waals surface area contributed by atoms with E-state index in [0.29, 0.717) is 50.4 Å². The van der Waals surface area contributed by atoms with Gasteiger partial charge in [-0.3, -0.25) is 0 Å². The van der Waals surface area contributed by atoms with Gasteiger partial charge in [-0.15, -0.1) is 0 Å². The Morgan fingerprint density at radius 3 is 2.58 bits per heavy atom. The van der Waals surface area contributed by atoms with Gasteiger partial charge >= 0.3 is 12.6 Å². The minimum absolute atomic E-state index is 0.0492. The van der Waals surface area contributed by atoms with E-state index < -0.39 is 12.4 Å². The second-order valence-electron chi connectivity index (χ2n) is 5.83. The second kappa shape index (κ2) is 6.90. The Bertz CT molecular complexity index is 596. The molecular formula is C16H20F2N2O4. The number of nitrogens with zero attached hydrogens (tertiary/aromatic N) is 1. The lowest BCUT2D eigenvalue weighted by Gasteiger charge is -2.37. The van der Waals surface area contributed by atoms with Gasteiger partial charge in [-0.25, -0.2) is 4.79 Å². The summed E-state index contributed by atoms with van der Waals surface area (Å²) in [5, 5.41) is 2.75. The predicted octanol–water partition coefficient (Wildman–Crippen LogP) is 2.97. The number of hydrogen-bond donors (Lipinski definition) is 1. The zero-order chi connectivity index (χ0) is 17.2. The molecule has 2 amide bonds. The quantitative estimate of drug-likeness (QED) is 0.917. The number of likely N-dealkylation sites (tertiary alicyclic amines) is 1. The normalized spacial score (nSPS) is 19.8. The molecule has 2 aliphatic heterocycles. The van der Waals surface area contributed by atoms with Crippen LogP contribution in [0.2, 0.25) is 0 Å². The molecule has 0 aromatic heterocycles. The predicted molar refractivity (Wildman–Crippen MR) is 82.3 cm³/mol. The molecular weight excluding hydrogens is 322 g/mol. The number of urea groups is 1. The van der Waals surface area contributed by atoms with Crippen molar-refractivity contribution in [3.05, 3.63) is 23.8 Å². The summed E-state index contributed by atoms with van der Waals surface area (Å²) in [4.78, 5) is 14.1. The number of rotatable bonds is 3. The summed E-state index contributed by atoms with van der Waals surface area (Å²) in [5.74, 6) is -0.495. The molecule has 24 heavy (non-hydrogen) atoms. The van der Waals surface area contributed by atoms with Crippen molar-refractivity contribution in [2.75, 3.05) is 31.6 Å². The van der Waals surface area contributed by atoms with Crippen LogP contribution in [0.1, 0.15) is 18.4 Å². The fraction of sp³-hybridized carbons (Fsp3) is 0.562. The molecule has 132 valence electrons. The molecule has 8 heteroatoms. The van der Waals surface area contributed by atoms with Crippen molar-refractivity contribution in [3.8, 4) is 5.75 Å². The smallest absolute Gasteiger partial charge is 0.387 e. The summed E-state index contributed by atoms with van der Waals surface area (Å²) >= 11 is 0. The number of hydrogen-bond acceptors (Lipinski definition) is 4. The van der Waals surface area contributed by atoms with Crippen LogP contribution in [0.3, 0.4) is 0 Å². The van der Waals surface area contributed by atoms with Gasteiger partial charge in [-0.1, -0.05) is 6.07 Å². The monoisotopic (exact) mass is 342 g/mol. The summed E-state index contributed by atoms with van der Waals surface area (Å²) in [6.07, 6.45) is 1.24. The lowest BCUT2D eigenvalue weighted by atomic mass is 10.0. The van der Waals surface area contributed by atoms with Gasteiger partial charge in [0.15, 0.2) is 5.79 Å². The summed E-state index contributed by atoms with van der Waals surface area (Å²) in [6.45, 7) is 0.916. The molecule has 1 aromatic carbocycles. The Balaban J connectivity index is 1.61. The fourth-order valence-electron chi connectivity index (χ4n) is 3.00. The molecule has 2 saturated heterocycles. The van der Waals surface area contributed by atoms with Crippen LogP contribution < -0.4 is 10.1 Å². The molecule has 2 fully saturated rings. The Hall–Kier alpha value is -1.93. The van der Waals surface area contributed by atoms with Crippen molar-refractivity contribution in [2.24, 2.45) is 0 Å². The summed E-state index contributed by atoms with van der Waals surface area (Å²) in [6, 6.07) is 4.38. The van der Waals surface area contributed by atoms with Crippen molar-refractivity contribution in [1.82, 2.24) is 4.90 Å². The van der Waals surface area contributed by atoms with Crippen LogP contribution in [-0.4, -0.2) is 49.6 Å². The van der Waals surface area contributed by atoms with Crippen LogP contribution in [0.15, 0.2) is 18.2 Å². The van der Waals surface area contributed by atoms with Gasteiger partial charge in [0.05, 0.1) is 13.2 Å². The first-order valence-electron chi connectivity index (χ1n) is 7.87. The molecule has 0 saturated carbocycles. The first kappa shape index (κ1) is 16.9. The fourth-order valence-corrected chi connectivity index (χ4v) is 3.00. The average molecular weight is 342 g/mol. The highest BCUT2D eigenvalue weighted by Gasteiger charge is 2.40. The highest BCUT2D eigenvalue weighted by molar-refractivity contribution is 5.90. The van der Waals surface area contributed by atoms with Crippen molar-refractivity contribution in [3.63, 3.8) is 0 Å². The van der Waals surface area contributed by atoms with Crippen molar-refractivity contribution >= 4 is 11.7 Å². The van der Waals surface area contributed by atoms with Gasteiger partial charge in [-0.05, 0) is 19.1 Å². The molecule has 6 nitrogen and oxygen atoms in total. The molecule has 0 aliphatic carbocycles. The van der Waals surface area contributed by atoms with Gasteiger partial charge < -0.3 is 24.4 Å². The lowest BCUT2D eigenvalue weighted by molar-refractivity contribution is -0.181. The van der Waals surface area contributed by atoms with Crippen LogP contribution in [-0.2, 0) is 9.47 Å². The Labute approximate surface area is 138 Å². The van der Waals surface area contributed by atoms with E-state index in [1.54, 1.807) is 24.0 Å². The number of piperidine rings is 1. The van der Waals surface area contributed by atoms with Crippen LogP contribution >= 0.6 is 0 Å². The van der Waals surface area contributed by atoms with Gasteiger partial charge in [0, 0.05) is 37.2 Å². The number of benzene rings is 1.